The highest BCUT2D eigenvalue weighted by Gasteiger charge is 2.24. The van der Waals surface area contributed by atoms with Crippen molar-refractivity contribution in [1.29, 1.82) is 0 Å². The molecule has 112 valence electrons. The second-order valence-corrected chi connectivity index (χ2v) is 5.26. The molecule has 0 amide bonds. The number of furan rings is 1. The molecular weight excluding hydrogens is 270 g/mol. The number of fused-ring (bicyclic) bond motifs is 1. The number of methoxy groups -OCH3 is 1. The summed E-state index contributed by atoms with van der Waals surface area (Å²) in [7, 11) is 3.33. The van der Waals surface area contributed by atoms with Crippen LogP contribution in [0.5, 0.6) is 0 Å². The Morgan fingerprint density at radius 3 is 3.29 bits per heavy atom. The molecule has 0 spiro atoms. The topological polar surface area (TPSA) is 69.3 Å². The molecule has 1 unspecified atom stereocenters. The molecule has 2 aromatic heterocycles. The number of hydrogen-bond acceptors (Lipinski definition) is 5. The number of nitrogens with one attached hydrogen (secondary N) is 1. The second-order valence-electron chi connectivity index (χ2n) is 5.26. The Morgan fingerprint density at radius 1 is 1.62 bits per heavy atom. The highest BCUT2D eigenvalue weighted by atomic mass is 16.5. The van der Waals surface area contributed by atoms with E-state index in [1.165, 1.54) is 24.6 Å². The van der Waals surface area contributed by atoms with Gasteiger partial charge in [0.2, 0.25) is 5.76 Å². The SMILES string of the molecule is COC(=O)c1occc1CNC1CCCc2c1cnn2C. The standard InChI is InChI=1S/C15H19N3O3/c1-18-13-5-3-4-12(11(13)9-17-18)16-8-10-6-7-21-14(10)15(19)20-2/h6-7,9,12,16H,3-5,8H2,1-2H3. The Kier molecular flexibility index (Phi) is 3.79. The van der Waals surface area contributed by atoms with Gasteiger partial charge >= 0.3 is 5.97 Å². The van der Waals surface area contributed by atoms with Gasteiger partial charge in [-0.15, -0.1) is 0 Å². The van der Waals surface area contributed by atoms with E-state index in [1.54, 1.807) is 6.07 Å². The third-order valence-electron chi connectivity index (χ3n) is 4.03. The van der Waals surface area contributed by atoms with E-state index in [-0.39, 0.29) is 11.8 Å². The zero-order chi connectivity index (χ0) is 14.8. The van der Waals surface area contributed by atoms with Gasteiger partial charge in [0, 0.05) is 36.5 Å². The van der Waals surface area contributed by atoms with Gasteiger partial charge in [0.15, 0.2) is 0 Å². The van der Waals surface area contributed by atoms with Crippen LogP contribution in [0.4, 0.5) is 0 Å². The van der Waals surface area contributed by atoms with Crippen LogP contribution in [-0.2, 0) is 24.8 Å². The Labute approximate surface area is 123 Å². The Bertz CT molecular complexity index is 644. The molecule has 21 heavy (non-hydrogen) atoms. The molecule has 0 aliphatic heterocycles. The number of carbonyl (C=O) groups excluding carboxylic acids is 1. The molecule has 1 N–H and O–H groups in total. The largest absolute Gasteiger partial charge is 0.463 e. The first-order valence-corrected chi connectivity index (χ1v) is 7.09. The molecule has 3 rings (SSSR count). The molecule has 0 fully saturated rings. The van der Waals surface area contributed by atoms with Crippen molar-refractivity contribution in [2.75, 3.05) is 7.11 Å². The van der Waals surface area contributed by atoms with Crippen LogP contribution in [0.15, 0.2) is 22.9 Å². The van der Waals surface area contributed by atoms with Crippen molar-refractivity contribution in [3.63, 3.8) is 0 Å². The molecule has 0 radical (unpaired) electrons. The van der Waals surface area contributed by atoms with Gasteiger partial charge in [-0.2, -0.15) is 5.10 Å². The summed E-state index contributed by atoms with van der Waals surface area (Å²) >= 11 is 0. The molecule has 0 bridgehead atoms. The first kappa shape index (κ1) is 13.9. The minimum Gasteiger partial charge on any atom is -0.463 e. The van der Waals surface area contributed by atoms with E-state index < -0.39 is 5.97 Å². The molecule has 6 heteroatoms. The zero-order valence-electron chi connectivity index (χ0n) is 12.3. The third-order valence-corrected chi connectivity index (χ3v) is 4.03. The van der Waals surface area contributed by atoms with Gasteiger partial charge in [0.1, 0.15) is 0 Å². The lowest BCUT2D eigenvalue weighted by molar-refractivity contribution is 0.0563. The number of esters is 1. The van der Waals surface area contributed by atoms with Crippen LogP contribution in [0, 0.1) is 0 Å². The van der Waals surface area contributed by atoms with Crippen LogP contribution < -0.4 is 5.32 Å². The summed E-state index contributed by atoms with van der Waals surface area (Å²) in [6.07, 6.45) is 6.73. The highest BCUT2D eigenvalue weighted by molar-refractivity contribution is 5.87. The van der Waals surface area contributed by atoms with Crippen LogP contribution in [0.2, 0.25) is 0 Å². The average molecular weight is 289 g/mol. The lowest BCUT2D eigenvalue weighted by Gasteiger charge is -2.23. The smallest absolute Gasteiger partial charge is 0.374 e. The molecule has 6 nitrogen and oxygen atoms in total. The van der Waals surface area contributed by atoms with E-state index >= 15 is 0 Å². The summed E-state index contributed by atoms with van der Waals surface area (Å²) in [5.41, 5.74) is 3.36. The van der Waals surface area contributed by atoms with Crippen LogP contribution in [0.3, 0.4) is 0 Å². The molecule has 0 aromatic carbocycles. The fourth-order valence-corrected chi connectivity index (χ4v) is 2.90. The molecule has 2 heterocycles. The van der Waals surface area contributed by atoms with E-state index in [0.717, 1.165) is 24.8 Å². The predicted molar refractivity (Wildman–Crippen MR) is 75.8 cm³/mol. The predicted octanol–water partition coefficient (Wildman–Crippen LogP) is 1.97. The van der Waals surface area contributed by atoms with Gasteiger partial charge in [0.05, 0.1) is 19.6 Å². The van der Waals surface area contributed by atoms with Crippen molar-refractivity contribution in [1.82, 2.24) is 15.1 Å². The number of hydrogen-bond donors (Lipinski definition) is 1. The lowest BCUT2D eigenvalue weighted by atomic mass is 9.93. The first-order valence-electron chi connectivity index (χ1n) is 7.09. The minimum atomic E-state index is -0.442. The molecule has 2 aromatic rings. The summed E-state index contributed by atoms with van der Waals surface area (Å²) in [5, 5.41) is 7.83. The van der Waals surface area contributed by atoms with Crippen LogP contribution in [0.25, 0.3) is 0 Å². The summed E-state index contributed by atoms with van der Waals surface area (Å²) in [5.74, 6) is -0.172. The van der Waals surface area contributed by atoms with Gasteiger partial charge < -0.3 is 14.5 Å². The number of carbonyl (C=O) groups is 1. The number of aryl methyl sites for hydroxylation is 1. The Hall–Kier alpha value is -2.08. The van der Waals surface area contributed by atoms with Crippen LogP contribution >= 0.6 is 0 Å². The molecule has 1 aliphatic carbocycles. The first-order chi connectivity index (χ1) is 10.2. The fraction of sp³-hybridized carbons (Fsp3) is 0.467. The van der Waals surface area contributed by atoms with Crippen molar-refractivity contribution in [3.05, 3.63) is 41.1 Å². The van der Waals surface area contributed by atoms with Gasteiger partial charge in [-0.1, -0.05) is 0 Å². The van der Waals surface area contributed by atoms with E-state index in [1.807, 2.05) is 17.9 Å². The third kappa shape index (κ3) is 2.58. The summed E-state index contributed by atoms with van der Waals surface area (Å²) in [6, 6.07) is 2.06. The van der Waals surface area contributed by atoms with Crippen molar-refractivity contribution >= 4 is 5.97 Å². The highest BCUT2D eigenvalue weighted by Crippen LogP contribution is 2.29. The van der Waals surface area contributed by atoms with Gasteiger partial charge in [0.25, 0.3) is 0 Å². The fourth-order valence-electron chi connectivity index (χ4n) is 2.90. The van der Waals surface area contributed by atoms with Crippen molar-refractivity contribution < 1.29 is 13.9 Å². The average Bonchev–Trinajstić information content (AvgIpc) is 3.12. The number of nitrogens with zero attached hydrogens (tertiary/aromatic N) is 2. The number of rotatable bonds is 4. The van der Waals surface area contributed by atoms with Gasteiger partial charge in [-0.3, -0.25) is 4.68 Å². The maximum Gasteiger partial charge on any atom is 0.374 e. The van der Waals surface area contributed by atoms with Crippen LogP contribution in [-0.4, -0.2) is 22.9 Å². The van der Waals surface area contributed by atoms with Gasteiger partial charge in [-0.25, -0.2) is 4.79 Å². The Morgan fingerprint density at radius 2 is 2.48 bits per heavy atom. The number of ether oxygens (including phenoxy) is 1. The summed E-state index contributed by atoms with van der Waals surface area (Å²) < 4.78 is 11.9. The van der Waals surface area contributed by atoms with Crippen molar-refractivity contribution in [2.45, 2.75) is 31.8 Å². The molecular formula is C15H19N3O3. The van der Waals surface area contributed by atoms with Crippen LogP contribution in [0.1, 0.15) is 46.3 Å². The molecule has 1 atom stereocenters. The van der Waals surface area contributed by atoms with E-state index in [9.17, 15) is 4.79 Å². The van der Waals surface area contributed by atoms with E-state index in [4.69, 9.17) is 9.15 Å². The summed E-state index contributed by atoms with van der Waals surface area (Å²) in [4.78, 5) is 11.6. The van der Waals surface area contributed by atoms with Crippen molar-refractivity contribution in [2.24, 2.45) is 7.05 Å². The number of aromatic nitrogens is 2. The Balaban J connectivity index is 1.72. The molecule has 1 aliphatic rings. The van der Waals surface area contributed by atoms with Gasteiger partial charge in [-0.05, 0) is 25.3 Å². The quantitative estimate of drug-likeness (QED) is 0.871. The zero-order valence-corrected chi connectivity index (χ0v) is 12.3. The summed E-state index contributed by atoms with van der Waals surface area (Å²) in [6.45, 7) is 0.569. The normalized spacial score (nSPS) is 17.5. The van der Waals surface area contributed by atoms with Crippen molar-refractivity contribution in [3.8, 4) is 0 Å². The monoisotopic (exact) mass is 289 g/mol. The van der Waals surface area contributed by atoms with E-state index in [2.05, 4.69) is 10.4 Å². The maximum absolute atomic E-state index is 11.6. The second kappa shape index (κ2) is 5.73. The lowest BCUT2D eigenvalue weighted by Crippen LogP contribution is -2.25. The maximum atomic E-state index is 11.6. The molecule has 0 saturated carbocycles. The minimum absolute atomic E-state index is 0.267. The van der Waals surface area contributed by atoms with E-state index in [0.29, 0.717) is 6.54 Å². The molecule has 0 saturated heterocycles.